The van der Waals surface area contributed by atoms with Gasteiger partial charge in [-0.05, 0) is 56.2 Å². The van der Waals surface area contributed by atoms with Crippen molar-refractivity contribution in [2.45, 2.75) is 51.2 Å². The Kier molecular flexibility index (Phi) is 7.26. The fraction of sp³-hybridized carbons (Fsp3) is 0.421. The smallest absolute Gasteiger partial charge is 0.220 e. The molecule has 1 unspecified atom stereocenters. The van der Waals surface area contributed by atoms with Gasteiger partial charge in [0.2, 0.25) is 5.91 Å². The minimum atomic E-state index is 0.00192. The highest BCUT2D eigenvalue weighted by molar-refractivity contribution is 7.98. The molecule has 1 N–H and O–H groups in total. The maximum atomic E-state index is 12.4. The van der Waals surface area contributed by atoms with Crippen molar-refractivity contribution in [3.8, 4) is 0 Å². The monoisotopic (exact) mass is 377 g/mol. The van der Waals surface area contributed by atoms with Crippen LogP contribution in [0.5, 0.6) is 0 Å². The van der Waals surface area contributed by atoms with Gasteiger partial charge in [-0.15, -0.1) is 0 Å². The molecule has 2 rings (SSSR count). The standard InChI is InChI=1S/C19H24ClN3OS/c1-5-17(14-6-8-15(20)9-7-14)23-18(24)11-10-16-12(2)21-19(25-4)22-13(16)3/h6-9,17H,5,10-11H2,1-4H3,(H,23,24). The van der Waals surface area contributed by atoms with Gasteiger partial charge in [-0.2, -0.15) is 0 Å². The molecule has 0 saturated heterocycles. The Hall–Kier alpha value is -1.59. The first-order valence-electron chi connectivity index (χ1n) is 8.37. The molecule has 0 spiro atoms. The average molecular weight is 378 g/mol. The molecular formula is C19H24ClN3OS. The number of amides is 1. The number of carbonyl (C=O) groups excluding carboxylic acids is 1. The zero-order valence-electron chi connectivity index (χ0n) is 15.1. The maximum absolute atomic E-state index is 12.4. The highest BCUT2D eigenvalue weighted by atomic mass is 35.5. The van der Waals surface area contributed by atoms with E-state index in [-0.39, 0.29) is 11.9 Å². The van der Waals surface area contributed by atoms with Crippen molar-refractivity contribution in [2.75, 3.05) is 6.26 Å². The van der Waals surface area contributed by atoms with E-state index in [2.05, 4.69) is 22.2 Å². The summed E-state index contributed by atoms with van der Waals surface area (Å²) in [6.07, 6.45) is 3.86. The quantitative estimate of drug-likeness (QED) is 0.562. The van der Waals surface area contributed by atoms with Gasteiger partial charge < -0.3 is 5.32 Å². The van der Waals surface area contributed by atoms with Crippen LogP contribution in [0.3, 0.4) is 0 Å². The van der Waals surface area contributed by atoms with E-state index in [0.717, 1.165) is 34.1 Å². The molecule has 0 bridgehead atoms. The lowest BCUT2D eigenvalue weighted by molar-refractivity contribution is -0.121. The van der Waals surface area contributed by atoms with Crippen LogP contribution in [0.4, 0.5) is 0 Å². The van der Waals surface area contributed by atoms with E-state index >= 15 is 0 Å². The topological polar surface area (TPSA) is 54.9 Å². The third kappa shape index (κ3) is 5.44. The number of aryl methyl sites for hydroxylation is 2. The molecule has 1 aromatic heterocycles. The highest BCUT2D eigenvalue weighted by Gasteiger charge is 2.14. The summed E-state index contributed by atoms with van der Waals surface area (Å²) in [6.45, 7) is 6.01. The molecule has 1 atom stereocenters. The second kappa shape index (κ2) is 9.20. The number of halogens is 1. The molecule has 1 amide bonds. The first-order valence-corrected chi connectivity index (χ1v) is 9.97. The zero-order valence-corrected chi connectivity index (χ0v) is 16.7. The molecule has 25 heavy (non-hydrogen) atoms. The summed E-state index contributed by atoms with van der Waals surface area (Å²) in [7, 11) is 0. The summed E-state index contributed by atoms with van der Waals surface area (Å²) < 4.78 is 0. The lowest BCUT2D eigenvalue weighted by atomic mass is 10.0. The van der Waals surface area contributed by atoms with Crippen LogP contribution in [-0.4, -0.2) is 22.1 Å². The number of nitrogens with one attached hydrogen (secondary N) is 1. The van der Waals surface area contributed by atoms with Gasteiger partial charge in [0.05, 0.1) is 6.04 Å². The van der Waals surface area contributed by atoms with Crippen LogP contribution in [0.15, 0.2) is 29.4 Å². The number of hydrogen-bond acceptors (Lipinski definition) is 4. The van der Waals surface area contributed by atoms with E-state index in [1.54, 1.807) is 0 Å². The molecule has 0 saturated carbocycles. The second-order valence-corrected chi connectivity index (χ2v) is 7.15. The van der Waals surface area contributed by atoms with Crippen LogP contribution in [0.1, 0.15) is 48.3 Å². The first-order chi connectivity index (χ1) is 11.9. The van der Waals surface area contributed by atoms with Crippen LogP contribution in [0.2, 0.25) is 5.02 Å². The first kappa shape index (κ1) is 19.7. The van der Waals surface area contributed by atoms with Gasteiger partial charge in [-0.3, -0.25) is 4.79 Å². The summed E-state index contributed by atoms with van der Waals surface area (Å²) >= 11 is 7.46. The average Bonchev–Trinajstić information content (AvgIpc) is 2.59. The summed E-state index contributed by atoms with van der Waals surface area (Å²) in [4.78, 5) is 21.3. The van der Waals surface area contributed by atoms with Crippen molar-refractivity contribution in [1.82, 2.24) is 15.3 Å². The summed E-state index contributed by atoms with van der Waals surface area (Å²) in [6, 6.07) is 7.62. The molecule has 1 aromatic carbocycles. The van der Waals surface area contributed by atoms with Gasteiger partial charge in [-0.1, -0.05) is 42.4 Å². The molecule has 0 aliphatic heterocycles. The molecule has 0 fully saturated rings. The Morgan fingerprint density at radius 2 is 1.80 bits per heavy atom. The minimum absolute atomic E-state index is 0.00192. The van der Waals surface area contributed by atoms with Gasteiger partial charge in [-0.25, -0.2) is 9.97 Å². The molecule has 4 nitrogen and oxygen atoms in total. The van der Waals surface area contributed by atoms with E-state index in [9.17, 15) is 4.79 Å². The fourth-order valence-electron chi connectivity index (χ4n) is 2.78. The van der Waals surface area contributed by atoms with Crippen LogP contribution < -0.4 is 5.32 Å². The van der Waals surface area contributed by atoms with Gasteiger partial charge in [0.1, 0.15) is 0 Å². The predicted molar refractivity (Wildman–Crippen MR) is 104 cm³/mol. The summed E-state index contributed by atoms with van der Waals surface area (Å²) in [5.74, 6) is 0.0366. The number of hydrogen-bond donors (Lipinski definition) is 1. The van der Waals surface area contributed by atoms with Crippen molar-refractivity contribution in [3.05, 3.63) is 51.8 Å². The number of nitrogens with zero attached hydrogens (tertiary/aromatic N) is 2. The molecule has 134 valence electrons. The van der Waals surface area contributed by atoms with Crippen molar-refractivity contribution in [1.29, 1.82) is 0 Å². The SMILES string of the molecule is CCC(NC(=O)CCc1c(C)nc(SC)nc1C)c1ccc(Cl)cc1. The number of aromatic nitrogens is 2. The van der Waals surface area contributed by atoms with Gasteiger partial charge in [0.25, 0.3) is 0 Å². The molecule has 2 aromatic rings. The number of carbonyl (C=O) groups is 1. The molecular weight excluding hydrogens is 354 g/mol. The van der Waals surface area contributed by atoms with Crippen molar-refractivity contribution in [2.24, 2.45) is 0 Å². The minimum Gasteiger partial charge on any atom is -0.349 e. The van der Waals surface area contributed by atoms with E-state index in [1.807, 2.05) is 44.4 Å². The van der Waals surface area contributed by atoms with Crippen LogP contribution in [0, 0.1) is 13.8 Å². The van der Waals surface area contributed by atoms with Crippen molar-refractivity contribution < 1.29 is 4.79 Å². The van der Waals surface area contributed by atoms with Crippen LogP contribution in [0.25, 0.3) is 0 Å². The summed E-state index contributed by atoms with van der Waals surface area (Å²) in [5.41, 5.74) is 4.04. The lowest BCUT2D eigenvalue weighted by Gasteiger charge is -2.18. The number of thioether (sulfide) groups is 1. The largest absolute Gasteiger partial charge is 0.349 e. The molecule has 1 heterocycles. The Bertz CT molecular complexity index is 711. The van der Waals surface area contributed by atoms with Crippen LogP contribution >= 0.6 is 23.4 Å². The third-order valence-corrected chi connectivity index (χ3v) is 5.00. The number of rotatable bonds is 7. The molecule has 0 aliphatic rings. The van der Waals surface area contributed by atoms with Gasteiger partial charge in [0, 0.05) is 22.8 Å². The van der Waals surface area contributed by atoms with Gasteiger partial charge >= 0.3 is 0 Å². The Balaban J connectivity index is 1.99. The zero-order chi connectivity index (χ0) is 18.4. The lowest BCUT2D eigenvalue weighted by Crippen LogP contribution is -2.28. The summed E-state index contributed by atoms with van der Waals surface area (Å²) in [5, 5.41) is 4.58. The number of benzene rings is 1. The van der Waals surface area contributed by atoms with E-state index < -0.39 is 0 Å². The Morgan fingerprint density at radius 3 is 2.32 bits per heavy atom. The van der Waals surface area contributed by atoms with Crippen molar-refractivity contribution >= 4 is 29.3 Å². The van der Waals surface area contributed by atoms with E-state index in [1.165, 1.54) is 11.8 Å². The Labute approximate surface area is 158 Å². The Morgan fingerprint density at radius 1 is 1.20 bits per heavy atom. The predicted octanol–water partition coefficient (Wildman–Crippen LogP) is 4.67. The molecule has 0 aliphatic carbocycles. The van der Waals surface area contributed by atoms with Gasteiger partial charge in [0.15, 0.2) is 5.16 Å². The molecule has 6 heteroatoms. The third-order valence-electron chi connectivity index (χ3n) is 4.20. The maximum Gasteiger partial charge on any atom is 0.220 e. The second-order valence-electron chi connectivity index (χ2n) is 5.94. The fourth-order valence-corrected chi connectivity index (χ4v) is 3.37. The molecule has 0 radical (unpaired) electrons. The van der Waals surface area contributed by atoms with Crippen molar-refractivity contribution in [3.63, 3.8) is 0 Å². The van der Waals surface area contributed by atoms with E-state index in [0.29, 0.717) is 17.9 Å². The normalized spacial score (nSPS) is 12.0. The van der Waals surface area contributed by atoms with E-state index in [4.69, 9.17) is 11.6 Å². The van der Waals surface area contributed by atoms with Crippen LogP contribution in [-0.2, 0) is 11.2 Å². The highest BCUT2D eigenvalue weighted by Crippen LogP contribution is 2.20.